The fourth-order valence-electron chi connectivity index (χ4n) is 6.01. The number of nitrogens with zero attached hydrogens (tertiary/aromatic N) is 4. The van der Waals surface area contributed by atoms with Gasteiger partial charge in [-0.1, -0.05) is 49.9 Å². The average Bonchev–Trinajstić information content (AvgIpc) is 3.25. The Morgan fingerprint density at radius 2 is 1.59 bits per heavy atom. The number of aryl methyl sites for hydroxylation is 1. The first-order valence-corrected chi connectivity index (χ1v) is 15.7. The molecule has 2 N–H and O–H groups in total. The molecule has 2 saturated carbocycles. The third-order valence-electron chi connectivity index (χ3n) is 7.85. The maximum atomic E-state index is 13.6. The molecule has 1 aromatic heterocycles. The molecular formula is C25H41N5O5S2. The van der Waals surface area contributed by atoms with Crippen LogP contribution in [0.15, 0.2) is 0 Å². The second-order valence-electron chi connectivity index (χ2n) is 10.3. The van der Waals surface area contributed by atoms with E-state index in [1.165, 1.54) is 28.5 Å². The zero-order chi connectivity index (χ0) is 26.4. The van der Waals surface area contributed by atoms with Crippen LogP contribution in [0.1, 0.15) is 89.7 Å². The second kappa shape index (κ2) is 13.2. The van der Waals surface area contributed by atoms with Gasteiger partial charge in [-0.25, -0.2) is 18.8 Å². The van der Waals surface area contributed by atoms with Crippen LogP contribution < -0.4 is 9.62 Å². The van der Waals surface area contributed by atoms with Gasteiger partial charge < -0.3 is 14.5 Å². The maximum absolute atomic E-state index is 13.6. The lowest BCUT2D eigenvalue weighted by molar-refractivity contribution is 0.0976. The Kier molecular flexibility index (Phi) is 10.1. The number of nitrogens with one attached hydrogen (secondary N) is 1. The van der Waals surface area contributed by atoms with Crippen molar-refractivity contribution in [3.05, 3.63) is 5.69 Å². The van der Waals surface area contributed by atoms with Crippen LogP contribution in [0.25, 0.3) is 0 Å². The predicted molar refractivity (Wildman–Crippen MR) is 146 cm³/mol. The van der Waals surface area contributed by atoms with Crippen LogP contribution >= 0.6 is 11.3 Å². The normalized spacial score (nSPS) is 20.9. The minimum atomic E-state index is -2.26. The van der Waals surface area contributed by atoms with Crippen molar-refractivity contribution in [3.63, 3.8) is 0 Å². The van der Waals surface area contributed by atoms with Crippen LogP contribution in [0.3, 0.4) is 0 Å². The summed E-state index contributed by atoms with van der Waals surface area (Å²) in [5, 5.41) is 4.08. The van der Waals surface area contributed by atoms with Gasteiger partial charge in [-0.15, -0.1) is 0 Å². The van der Waals surface area contributed by atoms with Gasteiger partial charge in [-0.05, 0) is 52.4 Å². The molecule has 208 valence electrons. The highest BCUT2D eigenvalue weighted by atomic mass is 32.2. The number of amides is 3. The van der Waals surface area contributed by atoms with E-state index in [-0.39, 0.29) is 30.2 Å². The highest BCUT2D eigenvalue weighted by Crippen LogP contribution is 2.37. The Bertz CT molecular complexity index is 922. The Labute approximate surface area is 226 Å². The Hall–Kier alpha value is -1.92. The third kappa shape index (κ3) is 6.94. The maximum Gasteiger partial charge on any atom is 0.409 e. The zero-order valence-corrected chi connectivity index (χ0v) is 23.7. The summed E-state index contributed by atoms with van der Waals surface area (Å²) in [5.74, 6) is 0. The molecule has 37 heavy (non-hydrogen) atoms. The third-order valence-corrected chi connectivity index (χ3v) is 9.85. The van der Waals surface area contributed by atoms with Crippen LogP contribution in [0, 0.1) is 6.92 Å². The Balaban J connectivity index is 1.46. The number of hydrogen-bond donors (Lipinski definition) is 2. The topological polar surface area (TPSA) is 115 Å². The molecule has 1 aromatic rings. The number of anilines is 2. The molecule has 2 heterocycles. The van der Waals surface area contributed by atoms with E-state index in [1.807, 2.05) is 0 Å². The number of urea groups is 1. The minimum absolute atomic E-state index is 0.0986. The number of carbonyl (C=O) groups is 2. The quantitative estimate of drug-likeness (QED) is 0.429. The van der Waals surface area contributed by atoms with Gasteiger partial charge >= 0.3 is 12.1 Å². The van der Waals surface area contributed by atoms with Crippen LogP contribution in [0.2, 0.25) is 0 Å². The summed E-state index contributed by atoms with van der Waals surface area (Å²) in [6.07, 6.45) is 12.0. The number of likely N-dealkylation sites (tertiary alicyclic amines) is 1. The number of rotatable bonds is 7. The van der Waals surface area contributed by atoms with Crippen LogP contribution in [0.4, 0.5) is 19.7 Å². The van der Waals surface area contributed by atoms with E-state index in [0.29, 0.717) is 48.4 Å². The molecule has 0 bridgehead atoms. The van der Waals surface area contributed by atoms with Crippen LogP contribution in [-0.4, -0.2) is 73.5 Å². The van der Waals surface area contributed by atoms with E-state index >= 15 is 0 Å². The lowest BCUT2D eigenvalue weighted by Crippen LogP contribution is -2.50. The number of ether oxygens (including phenoxy) is 1. The van der Waals surface area contributed by atoms with E-state index in [1.54, 1.807) is 18.7 Å². The lowest BCUT2D eigenvalue weighted by atomic mass is 9.89. The standard InChI is InChI=1S/C25H41N5O5S2/c1-3-35-25(32)28-16-14-21(15-17-28)30(37(33)34)22-18(2)26-23(36-22)27-24(31)29(19-10-6-4-7-11-19)20-12-8-5-9-13-20/h19-21H,3-17H2,1-2H3,(H,33,34)(H,26,27,31). The van der Waals surface area contributed by atoms with Crippen molar-refractivity contribution >= 4 is 44.9 Å². The van der Waals surface area contributed by atoms with Gasteiger partial charge in [0, 0.05) is 31.2 Å². The monoisotopic (exact) mass is 555 g/mol. The molecular weight excluding hydrogens is 514 g/mol. The van der Waals surface area contributed by atoms with Crippen molar-refractivity contribution in [2.24, 2.45) is 0 Å². The summed E-state index contributed by atoms with van der Waals surface area (Å²) in [7, 11) is 0. The van der Waals surface area contributed by atoms with Crippen molar-refractivity contribution in [1.29, 1.82) is 0 Å². The van der Waals surface area contributed by atoms with Crippen molar-refractivity contribution in [3.8, 4) is 0 Å². The van der Waals surface area contributed by atoms with Gasteiger partial charge in [0.1, 0.15) is 5.00 Å². The summed E-state index contributed by atoms with van der Waals surface area (Å²) < 4.78 is 29.2. The Morgan fingerprint density at radius 3 is 2.11 bits per heavy atom. The summed E-state index contributed by atoms with van der Waals surface area (Å²) in [6, 6.07) is 0.213. The fourth-order valence-corrected chi connectivity index (χ4v) is 7.99. The van der Waals surface area contributed by atoms with E-state index in [2.05, 4.69) is 15.2 Å². The first-order valence-electron chi connectivity index (χ1n) is 13.8. The first kappa shape index (κ1) is 28.1. The zero-order valence-electron chi connectivity index (χ0n) is 22.0. The lowest BCUT2D eigenvalue weighted by Gasteiger charge is -2.41. The molecule has 3 amide bonds. The smallest absolute Gasteiger partial charge is 0.409 e. The van der Waals surface area contributed by atoms with Crippen LogP contribution in [0.5, 0.6) is 0 Å². The van der Waals surface area contributed by atoms with Crippen molar-refractivity contribution in [2.75, 3.05) is 29.3 Å². The molecule has 10 nitrogen and oxygen atoms in total. The molecule has 2 aliphatic carbocycles. The SMILES string of the molecule is CCOC(=O)N1CCC(N(c2sc(NC(=O)N(C3CCCCC3)C3CCCCC3)nc2C)S(=O)O)CC1. The number of aromatic nitrogens is 1. The summed E-state index contributed by atoms with van der Waals surface area (Å²) in [4.78, 5) is 34.0. The van der Waals surface area contributed by atoms with Gasteiger partial charge in [0.05, 0.1) is 12.3 Å². The molecule has 4 rings (SSSR count). The number of piperidine rings is 1. The van der Waals surface area contributed by atoms with E-state index in [0.717, 1.165) is 51.4 Å². The molecule has 3 aliphatic rings. The van der Waals surface area contributed by atoms with Gasteiger partial charge in [0.15, 0.2) is 5.13 Å². The number of carbonyl (C=O) groups excluding carboxylic acids is 2. The molecule has 1 atom stereocenters. The molecule has 1 unspecified atom stereocenters. The van der Waals surface area contributed by atoms with Crippen molar-refractivity contribution in [1.82, 2.24) is 14.8 Å². The predicted octanol–water partition coefficient (Wildman–Crippen LogP) is 5.51. The summed E-state index contributed by atoms with van der Waals surface area (Å²) in [5.41, 5.74) is 0.609. The first-order chi connectivity index (χ1) is 17.9. The van der Waals surface area contributed by atoms with Gasteiger partial charge in [0.2, 0.25) is 0 Å². The van der Waals surface area contributed by atoms with E-state index in [4.69, 9.17) is 4.74 Å². The van der Waals surface area contributed by atoms with Gasteiger partial charge in [-0.2, -0.15) is 0 Å². The highest BCUT2D eigenvalue weighted by molar-refractivity contribution is 7.81. The molecule has 12 heteroatoms. The van der Waals surface area contributed by atoms with Gasteiger partial charge in [-0.3, -0.25) is 14.2 Å². The van der Waals surface area contributed by atoms with E-state index in [9.17, 15) is 18.4 Å². The fraction of sp³-hybridized carbons (Fsp3) is 0.800. The number of hydrogen-bond acceptors (Lipinski definition) is 6. The van der Waals surface area contributed by atoms with Crippen molar-refractivity contribution in [2.45, 2.75) is 109 Å². The molecule has 0 radical (unpaired) electrons. The minimum Gasteiger partial charge on any atom is -0.450 e. The average molecular weight is 556 g/mol. The largest absolute Gasteiger partial charge is 0.450 e. The summed E-state index contributed by atoms with van der Waals surface area (Å²) in [6.45, 7) is 4.80. The second-order valence-corrected chi connectivity index (χ2v) is 12.1. The molecule has 0 aromatic carbocycles. The van der Waals surface area contributed by atoms with Gasteiger partial charge in [0.25, 0.3) is 11.3 Å². The molecule has 1 saturated heterocycles. The molecule has 1 aliphatic heterocycles. The van der Waals surface area contributed by atoms with Crippen molar-refractivity contribution < 1.29 is 23.1 Å². The van der Waals surface area contributed by atoms with Crippen LogP contribution in [-0.2, 0) is 16.0 Å². The number of thiazole rings is 1. The summed E-state index contributed by atoms with van der Waals surface area (Å²) >= 11 is -1.02. The Morgan fingerprint density at radius 1 is 1.03 bits per heavy atom. The molecule has 3 fully saturated rings. The molecule has 0 spiro atoms. The van der Waals surface area contributed by atoms with E-state index < -0.39 is 11.3 Å². The highest BCUT2D eigenvalue weighted by Gasteiger charge is 2.35.